The maximum absolute atomic E-state index is 12.0. The summed E-state index contributed by atoms with van der Waals surface area (Å²) >= 11 is 0.670. The number of carbonyl (C=O) groups is 2. The predicted octanol–water partition coefficient (Wildman–Crippen LogP) is 0.689. The summed E-state index contributed by atoms with van der Waals surface area (Å²) < 4.78 is 30.9. The van der Waals surface area contributed by atoms with Gasteiger partial charge in [-0.15, -0.1) is 10.2 Å². The largest absolute Gasteiger partial charge is 0.425 e. The molecular formula is C13H14N4O5S2. The van der Waals surface area contributed by atoms with E-state index in [1.165, 1.54) is 6.92 Å². The molecule has 128 valence electrons. The van der Waals surface area contributed by atoms with Crippen molar-refractivity contribution in [3.63, 3.8) is 0 Å². The minimum atomic E-state index is -4.03. The van der Waals surface area contributed by atoms with E-state index in [0.717, 1.165) is 5.56 Å². The third kappa shape index (κ3) is 4.81. The van der Waals surface area contributed by atoms with Crippen molar-refractivity contribution in [2.24, 2.45) is 0 Å². The van der Waals surface area contributed by atoms with Crippen LogP contribution in [0.1, 0.15) is 12.5 Å². The Morgan fingerprint density at radius 1 is 1.25 bits per heavy atom. The Balaban J connectivity index is 1.97. The van der Waals surface area contributed by atoms with E-state index in [2.05, 4.69) is 20.2 Å². The molecule has 0 saturated heterocycles. The fourth-order valence-corrected chi connectivity index (χ4v) is 3.52. The second kappa shape index (κ2) is 7.47. The fraction of sp³-hybridized carbons (Fsp3) is 0.231. The Morgan fingerprint density at radius 2 is 1.96 bits per heavy atom. The summed E-state index contributed by atoms with van der Waals surface area (Å²) in [7, 11) is -4.03. The minimum absolute atomic E-state index is 0.0466. The van der Waals surface area contributed by atoms with Crippen LogP contribution in [0.5, 0.6) is 5.75 Å². The Kier molecular flexibility index (Phi) is 5.59. The number of anilines is 1. The molecule has 0 spiro atoms. The molecule has 1 heterocycles. The standard InChI is InChI=1S/C13H14N4O5S2/c1-8-5-3-4-6-10(8)22-11(19)7-14-24(20,21)13-17-16-12(23-13)15-9(2)18/h3-6,14H,7H2,1-2H3,(H,15,16,18). The van der Waals surface area contributed by atoms with Gasteiger partial charge < -0.3 is 10.1 Å². The number of rotatable bonds is 6. The van der Waals surface area contributed by atoms with Crippen molar-refractivity contribution in [1.29, 1.82) is 0 Å². The molecule has 2 aromatic rings. The van der Waals surface area contributed by atoms with Gasteiger partial charge in [-0.1, -0.05) is 29.5 Å². The van der Waals surface area contributed by atoms with Crippen LogP contribution in [0.15, 0.2) is 28.6 Å². The molecule has 0 bridgehead atoms. The summed E-state index contributed by atoms with van der Waals surface area (Å²) in [6, 6.07) is 6.85. The maximum Gasteiger partial charge on any atom is 0.326 e. The molecule has 0 radical (unpaired) electrons. The van der Waals surface area contributed by atoms with E-state index >= 15 is 0 Å². The number of hydrogen-bond acceptors (Lipinski definition) is 8. The number of esters is 1. The topological polar surface area (TPSA) is 127 Å². The van der Waals surface area contributed by atoms with E-state index in [1.807, 2.05) is 0 Å². The lowest BCUT2D eigenvalue weighted by Gasteiger charge is -2.07. The Morgan fingerprint density at radius 3 is 2.62 bits per heavy atom. The van der Waals surface area contributed by atoms with Crippen LogP contribution < -0.4 is 14.8 Å². The highest BCUT2D eigenvalue weighted by molar-refractivity contribution is 7.91. The van der Waals surface area contributed by atoms with Gasteiger partial charge in [0, 0.05) is 6.92 Å². The van der Waals surface area contributed by atoms with Gasteiger partial charge in [-0.05, 0) is 18.6 Å². The van der Waals surface area contributed by atoms with Gasteiger partial charge in [0.25, 0.3) is 10.0 Å². The van der Waals surface area contributed by atoms with E-state index in [1.54, 1.807) is 31.2 Å². The van der Waals surface area contributed by atoms with Crippen LogP contribution in [0.3, 0.4) is 0 Å². The maximum atomic E-state index is 12.0. The quantitative estimate of drug-likeness (QED) is 0.435. The van der Waals surface area contributed by atoms with Crippen LogP contribution in [0, 0.1) is 6.92 Å². The van der Waals surface area contributed by atoms with Gasteiger partial charge in [-0.25, -0.2) is 8.42 Å². The monoisotopic (exact) mass is 370 g/mol. The third-order valence-electron chi connectivity index (χ3n) is 2.64. The highest BCUT2D eigenvalue weighted by Gasteiger charge is 2.22. The van der Waals surface area contributed by atoms with Gasteiger partial charge in [-0.2, -0.15) is 4.72 Å². The number of hydrogen-bond donors (Lipinski definition) is 2. The number of amides is 1. The zero-order valence-electron chi connectivity index (χ0n) is 12.8. The van der Waals surface area contributed by atoms with Gasteiger partial charge in [0.05, 0.1) is 0 Å². The van der Waals surface area contributed by atoms with E-state index in [0.29, 0.717) is 17.1 Å². The molecule has 24 heavy (non-hydrogen) atoms. The molecule has 1 amide bonds. The number of para-hydroxylation sites is 1. The average molecular weight is 370 g/mol. The van der Waals surface area contributed by atoms with E-state index in [9.17, 15) is 18.0 Å². The number of ether oxygens (including phenoxy) is 1. The highest BCUT2D eigenvalue weighted by Crippen LogP contribution is 2.19. The summed E-state index contributed by atoms with van der Waals surface area (Å²) in [5.41, 5.74) is 0.748. The molecule has 2 N–H and O–H groups in total. The number of sulfonamides is 1. The second-order valence-electron chi connectivity index (χ2n) is 4.62. The van der Waals surface area contributed by atoms with Gasteiger partial charge in [0.15, 0.2) is 0 Å². The SMILES string of the molecule is CC(=O)Nc1nnc(S(=O)(=O)NCC(=O)Oc2ccccc2C)s1. The van der Waals surface area contributed by atoms with Crippen molar-refractivity contribution in [3.8, 4) is 5.75 Å². The molecule has 1 aromatic carbocycles. The second-order valence-corrected chi connectivity index (χ2v) is 7.54. The van der Waals surface area contributed by atoms with Crippen molar-refractivity contribution in [3.05, 3.63) is 29.8 Å². The number of carbonyl (C=O) groups excluding carboxylic acids is 2. The Labute approximate surface area is 142 Å². The lowest BCUT2D eigenvalue weighted by molar-refractivity contribution is -0.133. The lowest BCUT2D eigenvalue weighted by Crippen LogP contribution is -2.32. The highest BCUT2D eigenvalue weighted by atomic mass is 32.2. The van der Waals surface area contributed by atoms with Crippen molar-refractivity contribution >= 4 is 38.4 Å². The van der Waals surface area contributed by atoms with Crippen LogP contribution in [0.25, 0.3) is 0 Å². The molecular weight excluding hydrogens is 356 g/mol. The van der Waals surface area contributed by atoms with Gasteiger partial charge >= 0.3 is 5.97 Å². The van der Waals surface area contributed by atoms with Crippen molar-refractivity contribution in [2.75, 3.05) is 11.9 Å². The predicted molar refractivity (Wildman–Crippen MR) is 86.2 cm³/mol. The Hall–Kier alpha value is -2.37. The first-order valence-electron chi connectivity index (χ1n) is 6.65. The fourth-order valence-electron chi connectivity index (χ4n) is 1.56. The van der Waals surface area contributed by atoms with Crippen molar-refractivity contribution in [2.45, 2.75) is 18.2 Å². The smallest absolute Gasteiger partial charge is 0.326 e. The molecule has 11 heteroatoms. The van der Waals surface area contributed by atoms with E-state index in [-0.39, 0.29) is 9.47 Å². The first kappa shape index (κ1) is 18.0. The summed E-state index contributed by atoms with van der Waals surface area (Å²) in [6.45, 7) is 2.46. The summed E-state index contributed by atoms with van der Waals surface area (Å²) in [4.78, 5) is 22.6. The first-order chi connectivity index (χ1) is 11.3. The van der Waals surface area contributed by atoms with Crippen molar-refractivity contribution in [1.82, 2.24) is 14.9 Å². The van der Waals surface area contributed by atoms with Crippen LogP contribution in [0.4, 0.5) is 5.13 Å². The molecule has 0 saturated carbocycles. The molecule has 0 unspecified atom stereocenters. The normalized spacial score (nSPS) is 11.1. The molecule has 2 rings (SSSR count). The molecule has 0 atom stereocenters. The van der Waals surface area contributed by atoms with Crippen LogP contribution >= 0.6 is 11.3 Å². The first-order valence-corrected chi connectivity index (χ1v) is 8.95. The molecule has 1 aromatic heterocycles. The van der Waals surface area contributed by atoms with Gasteiger partial charge in [-0.3, -0.25) is 9.59 Å². The Bertz CT molecular complexity index is 863. The summed E-state index contributed by atoms with van der Waals surface area (Å²) in [5, 5.41) is 9.37. The van der Waals surface area contributed by atoms with E-state index < -0.39 is 28.4 Å². The van der Waals surface area contributed by atoms with Crippen LogP contribution in [-0.2, 0) is 19.6 Å². The molecule has 0 aliphatic carbocycles. The number of aromatic nitrogens is 2. The van der Waals surface area contributed by atoms with Gasteiger partial charge in [0.2, 0.25) is 15.4 Å². The van der Waals surface area contributed by atoms with Crippen LogP contribution in [-0.4, -0.2) is 37.0 Å². The van der Waals surface area contributed by atoms with E-state index in [4.69, 9.17) is 4.74 Å². The zero-order valence-corrected chi connectivity index (χ0v) is 14.4. The number of aryl methyl sites for hydroxylation is 1. The van der Waals surface area contributed by atoms with Crippen molar-refractivity contribution < 1.29 is 22.7 Å². The zero-order chi connectivity index (χ0) is 17.7. The molecule has 0 fully saturated rings. The lowest BCUT2D eigenvalue weighted by atomic mass is 10.2. The minimum Gasteiger partial charge on any atom is -0.425 e. The number of nitrogens with zero attached hydrogens (tertiary/aromatic N) is 2. The van der Waals surface area contributed by atoms with Gasteiger partial charge in [0.1, 0.15) is 12.3 Å². The molecule has 0 aliphatic heterocycles. The summed E-state index contributed by atoms with van der Waals surface area (Å²) in [6.07, 6.45) is 0. The summed E-state index contributed by atoms with van der Waals surface area (Å²) in [5.74, 6) is -0.810. The average Bonchev–Trinajstić information content (AvgIpc) is 2.96. The van der Waals surface area contributed by atoms with Crippen LogP contribution in [0.2, 0.25) is 0 Å². The number of nitrogens with one attached hydrogen (secondary N) is 2. The number of benzene rings is 1. The molecule has 9 nitrogen and oxygen atoms in total. The third-order valence-corrected chi connectivity index (χ3v) is 5.25. The molecule has 0 aliphatic rings.